The molecular weight excluding hydrogens is 510 g/mol. The van der Waals surface area contributed by atoms with E-state index >= 15 is 0 Å². The molecule has 0 N–H and O–H groups in total. The molecule has 0 radical (unpaired) electrons. The van der Waals surface area contributed by atoms with E-state index in [1.54, 1.807) is 7.11 Å². The maximum atomic E-state index is 6.46. The first-order valence-corrected chi connectivity index (χ1v) is 14.4. The summed E-state index contributed by atoms with van der Waals surface area (Å²) in [7, 11) is 0.00210. The summed E-state index contributed by atoms with van der Waals surface area (Å²) in [5.74, 6) is 1.94. The van der Waals surface area contributed by atoms with E-state index in [-0.39, 0.29) is 30.7 Å². The molecule has 4 rings (SSSR count). The van der Waals surface area contributed by atoms with Crippen LogP contribution in [0.4, 0.5) is 0 Å². The Balaban J connectivity index is 0.000000851. The minimum atomic E-state index is -1.75. The third-order valence-electron chi connectivity index (χ3n) is 4.66. The van der Waals surface area contributed by atoms with Gasteiger partial charge in [-0.1, -0.05) is 30.3 Å². The third kappa shape index (κ3) is 5.59. The summed E-state index contributed by atoms with van der Waals surface area (Å²) in [6.07, 6.45) is 0. The third-order valence-corrected chi connectivity index (χ3v) is 5.47. The van der Waals surface area contributed by atoms with Gasteiger partial charge in [0.1, 0.15) is 11.5 Å². The van der Waals surface area contributed by atoms with Crippen molar-refractivity contribution >= 4 is 28.6 Å². The monoisotopic (exact) mass is 535 g/mol. The number of benzene rings is 2. The van der Waals surface area contributed by atoms with Crippen LogP contribution in [-0.4, -0.2) is 19.1 Å². The summed E-state index contributed by atoms with van der Waals surface area (Å²) in [4.78, 5) is 0. The Kier molecular flexibility index (Phi) is 10.4. The van der Waals surface area contributed by atoms with Gasteiger partial charge in [0.05, 0.1) is 7.11 Å². The molecule has 1 aliphatic rings. The van der Waals surface area contributed by atoms with Crippen LogP contribution < -0.4 is 24.8 Å². The van der Waals surface area contributed by atoms with Crippen LogP contribution in [0.2, 0.25) is 19.6 Å². The summed E-state index contributed by atoms with van der Waals surface area (Å²) < 4.78 is 14.5. The Hall–Kier alpha value is -1.06. The molecule has 1 aliphatic carbocycles. The van der Waals surface area contributed by atoms with Crippen molar-refractivity contribution in [3.63, 3.8) is 0 Å². The number of ether oxygens (including phenoxy) is 1. The molecule has 0 saturated heterocycles. The van der Waals surface area contributed by atoms with Gasteiger partial charge in [0.25, 0.3) is 0 Å². The van der Waals surface area contributed by atoms with Crippen molar-refractivity contribution in [1.82, 2.24) is 0 Å². The average Bonchev–Trinajstić information content (AvgIpc) is 3.20. The average molecular weight is 538 g/mol. The van der Waals surface area contributed by atoms with Crippen molar-refractivity contribution in [2.75, 3.05) is 7.11 Å². The Morgan fingerprint density at radius 2 is 1.57 bits per heavy atom. The van der Waals surface area contributed by atoms with Crippen LogP contribution in [0.1, 0.15) is 29.5 Å². The molecule has 2 nitrogen and oxygen atoms in total. The maximum absolute atomic E-state index is 6.46. The molecule has 0 aromatic heterocycles. The summed E-state index contributed by atoms with van der Waals surface area (Å²) in [5.41, 5.74) is 3.72. The first kappa shape index (κ1) is 27.0. The van der Waals surface area contributed by atoms with Gasteiger partial charge < -0.3 is 34.0 Å². The largest absolute Gasteiger partial charge is 1.00 e. The van der Waals surface area contributed by atoms with E-state index in [1.165, 1.54) is 46.1 Å². The molecule has 6 heteroatoms. The molecule has 0 heterocycles. The van der Waals surface area contributed by atoms with E-state index in [0.29, 0.717) is 0 Å². The van der Waals surface area contributed by atoms with Gasteiger partial charge in [-0.05, 0) is 25.2 Å². The standard InChI is InChI=1S/C22H23O2Si.C2H4.2ClH.Zr/c1-23-22-20(18-14-13-15-9-5-6-10-16(15)18)17-11-7-8-12-19(17)21(22)24-25(2,3)4;1-2;;;/h5-14,20H,1-4H3;1H,2H3;2*1H;/q-1;;;;+2/p-2. The van der Waals surface area contributed by atoms with Gasteiger partial charge in [0, 0.05) is 11.5 Å². The van der Waals surface area contributed by atoms with E-state index in [1.807, 2.05) is 6.92 Å². The Bertz CT molecular complexity index is 1020. The summed E-state index contributed by atoms with van der Waals surface area (Å²) in [6.45, 7) is 8.67. The normalized spacial score (nSPS) is 14.7. The topological polar surface area (TPSA) is 18.5 Å². The van der Waals surface area contributed by atoms with Crippen LogP contribution in [0.25, 0.3) is 16.5 Å². The Morgan fingerprint density at radius 1 is 0.967 bits per heavy atom. The van der Waals surface area contributed by atoms with Crippen LogP contribution in [0, 0.1) is 0 Å². The molecule has 1 unspecified atom stereocenters. The fourth-order valence-corrected chi connectivity index (χ4v) is 4.54. The second kappa shape index (κ2) is 11.5. The van der Waals surface area contributed by atoms with Crippen molar-refractivity contribution in [2.24, 2.45) is 0 Å². The molecule has 30 heavy (non-hydrogen) atoms. The number of methoxy groups -OCH3 is 1. The number of fused-ring (bicyclic) bond motifs is 2. The zero-order chi connectivity index (χ0) is 20.3. The molecule has 0 saturated carbocycles. The van der Waals surface area contributed by atoms with E-state index in [4.69, 9.17) is 9.16 Å². The smallest absolute Gasteiger partial charge is 1.00 e. The fraction of sp³-hybridized carbons (Fsp3) is 0.250. The number of halogens is 2. The van der Waals surface area contributed by atoms with Crippen molar-refractivity contribution in [2.45, 2.75) is 32.5 Å². The van der Waals surface area contributed by atoms with Gasteiger partial charge in [-0.3, -0.25) is 0 Å². The molecule has 0 amide bonds. The number of allylic oxidation sites excluding steroid dienone is 1. The van der Waals surface area contributed by atoms with Gasteiger partial charge in [-0.15, -0.1) is 40.6 Å². The van der Waals surface area contributed by atoms with Gasteiger partial charge in [0.15, 0.2) is 0 Å². The van der Waals surface area contributed by atoms with Gasteiger partial charge in [0.2, 0.25) is 8.32 Å². The predicted octanol–water partition coefficient (Wildman–Crippen LogP) is 0.234. The second-order valence-electron chi connectivity index (χ2n) is 7.80. The number of hydrogen-bond acceptors (Lipinski definition) is 2. The fourth-order valence-electron chi connectivity index (χ4n) is 3.72. The molecule has 3 aromatic carbocycles. The summed E-state index contributed by atoms with van der Waals surface area (Å²) in [5, 5.41) is 2.55. The van der Waals surface area contributed by atoms with Crippen LogP contribution in [-0.2, 0) is 33.4 Å². The first-order valence-electron chi connectivity index (χ1n) is 9.57. The van der Waals surface area contributed by atoms with Crippen LogP contribution in [0.5, 0.6) is 0 Å². The van der Waals surface area contributed by atoms with Gasteiger partial charge in [-0.25, -0.2) is 0 Å². The molecule has 0 spiro atoms. The molecule has 3 aromatic rings. The van der Waals surface area contributed by atoms with Crippen LogP contribution >= 0.6 is 0 Å². The van der Waals surface area contributed by atoms with Crippen LogP contribution in [0.3, 0.4) is 0 Å². The summed E-state index contributed by atoms with van der Waals surface area (Å²) in [6, 6.07) is 21.5. The molecule has 0 aliphatic heterocycles. The summed E-state index contributed by atoms with van der Waals surface area (Å²) >= 11 is 1.51. The minimum absolute atomic E-state index is 0. The number of rotatable bonds is 4. The quantitative estimate of drug-likeness (QED) is 0.351. The van der Waals surface area contributed by atoms with Crippen molar-refractivity contribution in [3.05, 3.63) is 83.1 Å². The molecular formula is C24H27Cl2O2SiZr-. The van der Waals surface area contributed by atoms with E-state index < -0.39 is 8.32 Å². The SMILES string of the molecule is COC1=C(O[Si](C)(C)C)c2ccccc2C1[c-]1ccc2ccccc21.C[CH]=[Zr+2].[Cl-].[Cl-]. The molecule has 1 atom stereocenters. The zero-order valence-corrected chi connectivity index (χ0v) is 23.0. The molecule has 0 fully saturated rings. The van der Waals surface area contributed by atoms with Gasteiger partial charge in [-0.2, -0.15) is 6.07 Å². The first-order chi connectivity index (χ1) is 13.4. The van der Waals surface area contributed by atoms with Crippen molar-refractivity contribution in [3.8, 4) is 0 Å². The van der Waals surface area contributed by atoms with Crippen molar-refractivity contribution in [1.29, 1.82) is 0 Å². The Labute approximate surface area is 208 Å². The minimum Gasteiger partial charge on any atom is -1.00 e. The zero-order valence-electron chi connectivity index (χ0n) is 18.0. The second-order valence-corrected chi connectivity index (χ2v) is 13.6. The van der Waals surface area contributed by atoms with Crippen LogP contribution in [0.15, 0.2) is 66.4 Å². The predicted molar refractivity (Wildman–Crippen MR) is 118 cm³/mol. The number of hydrogen-bond donors (Lipinski definition) is 0. The van der Waals surface area contributed by atoms with Crippen molar-refractivity contribution < 1.29 is 58.2 Å². The molecule has 158 valence electrons. The Morgan fingerprint density at radius 3 is 2.20 bits per heavy atom. The van der Waals surface area contributed by atoms with E-state index in [9.17, 15) is 0 Å². The maximum Gasteiger partial charge on any atom is -1.00 e. The van der Waals surface area contributed by atoms with E-state index in [2.05, 4.69) is 84.0 Å². The molecule has 0 bridgehead atoms. The van der Waals surface area contributed by atoms with Gasteiger partial charge >= 0.3 is 34.9 Å². The van der Waals surface area contributed by atoms with E-state index in [0.717, 1.165) is 17.1 Å².